The van der Waals surface area contributed by atoms with Gasteiger partial charge in [-0.2, -0.15) is 0 Å². The minimum atomic E-state index is 0.760. The van der Waals surface area contributed by atoms with Gasteiger partial charge in [0.2, 0.25) is 0 Å². The molecule has 0 saturated carbocycles. The third-order valence-corrected chi connectivity index (χ3v) is 2.12. The van der Waals surface area contributed by atoms with E-state index in [2.05, 4.69) is 9.88 Å². The predicted octanol–water partition coefficient (Wildman–Crippen LogP) is 1.22. The molecule has 0 fully saturated rings. The van der Waals surface area contributed by atoms with Gasteiger partial charge in [-0.15, -0.1) is 0 Å². The van der Waals surface area contributed by atoms with Gasteiger partial charge in [0.25, 0.3) is 0 Å². The Morgan fingerprint density at radius 2 is 2.42 bits per heavy atom. The Labute approximate surface area is 72.0 Å². The Hall–Kier alpha value is -1.25. The average Bonchev–Trinajstić information content (AvgIpc) is 2.07. The normalized spacial score (nSPS) is 15.3. The number of nitrogens with zero attached hydrogens (tertiary/aromatic N) is 2. The summed E-state index contributed by atoms with van der Waals surface area (Å²) in [7, 11) is 2.04. The first-order valence-electron chi connectivity index (χ1n) is 4.08. The Morgan fingerprint density at radius 3 is 3.17 bits per heavy atom. The van der Waals surface area contributed by atoms with E-state index in [0.717, 1.165) is 30.3 Å². The lowest BCUT2D eigenvalue weighted by molar-refractivity contribution is 0.307. The monoisotopic (exact) mass is 164 g/mol. The van der Waals surface area contributed by atoms with Crippen molar-refractivity contribution in [2.45, 2.75) is 6.92 Å². The Morgan fingerprint density at radius 1 is 1.58 bits per heavy atom. The molecule has 3 heteroatoms. The van der Waals surface area contributed by atoms with Crippen LogP contribution in [0, 0.1) is 6.92 Å². The molecular formula is C9H12N2O. The second-order valence-electron chi connectivity index (χ2n) is 3.05. The standard InChI is InChI=1S/C9H12N2O/c1-7-3-4-10-9-8(7)12-6-5-11(9)2/h3-4H,5-6H2,1-2H3. The highest BCUT2D eigenvalue weighted by atomic mass is 16.5. The third-order valence-electron chi connectivity index (χ3n) is 2.12. The molecule has 1 aliphatic rings. The van der Waals surface area contributed by atoms with Crippen LogP contribution in [0.3, 0.4) is 0 Å². The van der Waals surface area contributed by atoms with Crippen molar-refractivity contribution in [1.82, 2.24) is 4.98 Å². The molecule has 64 valence electrons. The van der Waals surface area contributed by atoms with E-state index in [4.69, 9.17) is 4.74 Å². The first-order valence-corrected chi connectivity index (χ1v) is 4.08. The summed E-state index contributed by atoms with van der Waals surface area (Å²) in [5, 5.41) is 0. The van der Waals surface area contributed by atoms with Crippen molar-refractivity contribution >= 4 is 5.82 Å². The number of aryl methyl sites for hydroxylation is 1. The Kier molecular flexibility index (Phi) is 1.64. The average molecular weight is 164 g/mol. The van der Waals surface area contributed by atoms with Crippen LogP contribution in [0.25, 0.3) is 0 Å². The molecule has 0 aliphatic carbocycles. The molecule has 0 amide bonds. The number of pyridine rings is 1. The Bertz CT molecular complexity index is 299. The van der Waals surface area contributed by atoms with Gasteiger partial charge < -0.3 is 9.64 Å². The molecule has 3 nitrogen and oxygen atoms in total. The van der Waals surface area contributed by atoms with Crippen molar-refractivity contribution in [3.8, 4) is 5.75 Å². The van der Waals surface area contributed by atoms with Crippen molar-refractivity contribution in [1.29, 1.82) is 0 Å². The van der Waals surface area contributed by atoms with Gasteiger partial charge in [-0.25, -0.2) is 4.98 Å². The predicted molar refractivity (Wildman–Crippen MR) is 47.7 cm³/mol. The summed E-state index contributed by atoms with van der Waals surface area (Å²) in [5.41, 5.74) is 1.16. The number of likely N-dealkylation sites (N-methyl/N-ethyl adjacent to an activating group) is 1. The Balaban J connectivity index is 2.52. The van der Waals surface area contributed by atoms with Gasteiger partial charge >= 0.3 is 0 Å². The van der Waals surface area contributed by atoms with Crippen LogP contribution < -0.4 is 9.64 Å². The van der Waals surface area contributed by atoms with E-state index >= 15 is 0 Å². The van der Waals surface area contributed by atoms with E-state index in [1.54, 1.807) is 0 Å². The molecule has 1 aliphatic heterocycles. The minimum absolute atomic E-state index is 0.760. The minimum Gasteiger partial charge on any atom is -0.488 e. The molecule has 0 aromatic carbocycles. The number of anilines is 1. The first-order chi connectivity index (χ1) is 5.79. The van der Waals surface area contributed by atoms with Crippen LogP contribution in [0.1, 0.15) is 5.56 Å². The lowest BCUT2D eigenvalue weighted by Gasteiger charge is -2.27. The van der Waals surface area contributed by atoms with Gasteiger partial charge in [0.05, 0.1) is 6.54 Å². The molecule has 12 heavy (non-hydrogen) atoms. The quantitative estimate of drug-likeness (QED) is 0.576. The van der Waals surface area contributed by atoms with Crippen molar-refractivity contribution in [3.63, 3.8) is 0 Å². The van der Waals surface area contributed by atoms with E-state index in [0.29, 0.717) is 0 Å². The van der Waals surface area contributed by atoms with Gasteiger partial charge in [0.1, 0.15) is 6.61 Å². The van der Waals surface area contributed by atoms with Crippen molar-refractivity contribution in [2.24, 2.45) is 0 Å². The van der Waals surface area contributed by atoms with Crippen molar-refractivity contribution in [3.05, 3.63) is 17.8 Å². The maximum absolute atomic E-state index is 5.52. The second-order valence-corrected chi connectivity index (χ2v) is 3.05. The highest BCUT2D eigenvalue weighted by Gasteiger charge is 2.17. The fraction of sp³-hybridized carbons (Fsp3) is 0.444. The van der Waals surface area contributed by atoms with E-state index in [9.17, 15) is 0 Å². The third kappa shape index (κ3) is 1.02. The van der Waals surface area contributed by atoms with Crippen LogP contribution in [0.4, 0.5) is 5.82 Å². The van der Waals surface area contributed by atoms with Crippen molar-refractivity contribution < 1.29 is 4.74 Å². The highest BCUT2D eigenvalue weighted by molar-refractivity contribution is 5.56. The van der Waals surface area contributed by atoms with Crippen molar-refractivity contribution in [2.75, 3.05) is 25.1 Å². The number of hydrogen-bond donors (Lipinski definition) is 0. The van der Waals surface area contributed by atoms with Crippen LogP contribution >= 0.6 is 0 Å². The summed E-state index contributed by atoms with van der Waals surface area (Å²) in [6.45, 7) is 3.72. The zero-order chi connectivity index (χ0) is 8.55. The lowest BCUT2D eigenvalue weighted by atomic mass is 10.2. The number of aromatic nitrogens is 1. The topological polar surface area (TPSA) is 25.4 Å². The summed E-state index contributed by atoms with van der Waals surface area (Å²) in [6.07, 6.45) is 1.82. The van der Waals surface area contributed by atoms with Crippen LogP contribution in [0.5, 0.6) is 5.75 Å². The number of fused-ring (bicyclic) bond motifs is 1. The summed E-state index contributed by atoms with van der Waals surface area (Å²) in [5.74, 6) is 1.90. The van der Waals surface area contributed by atoms with Crippen LogP contribution in [0.2, 0.25) is 0 Å². The fourth-order valence-electron chi connectivity index (χ4n) is 1.37. The first kappa shape index (κ1) is 7.40. The summed E-state index contributed by atoms with van der Waals surface area (Å²) in [6, 6.07) is 1.97. The molecule has 2 heterocycles. The maximum Gasteiger partial charge on any atom is 0.171 e. The van der Waals surface area contributed by atoms with E-state index < -0.39 is 0 Å². The largest absolute Gasteiger partial charge is 0.488 e. The van der Waals surface area contributed by atoms with Gasteiger partial charge in [-0.3, -0.25) is 0 Å². The number of ether oxygens (including phenoxy) is 1. The van der Waals surface area contributed by atoms with Crippen LogP contribution in [-0.2, 0) is 0 Å². The van der Waals surface area contributed by atoms with Gasteiger partial charge in [0, 0.05) is 13.2 Å². The van der Waals surface area contributed by atoms with E-state index in [-0.39, 0.29) is 0 Å². The van der Waals surface area contributed by atoms with Gasteiger partial charge in [0.15, 0.2) is 11.6 Å². The fourth-order valence-corrected chi connectivity index (χ4v) is 1.37. The molecule has 0 atom stereocenters. The SMILES string of the molecule is Cc1ccnc2c1OCCN2C. The van der Waals surface area contributed by atoms with Crippen LogP contribution in [-0.4, -0.2) is 25.2 Å². The summed E-state index contributed by atoms with van der Waals surface area (Å²) in [4.78, 5) is 6.38. The molecule has 0 bridgehead atoms. The second kappa shape index (κ2) is 2.66. The van der Waals surface area contributed by atoms with E-state index in [1.165, 1.54) is 0 Å². The number of hydrogen-bond acceptors (Lipinski definition) is 3. The molecule has 1 aromatic rings. The zero-order valence-corrected chi connectivity index (χ0v) is 7.37. The van der Waals surface area contributed by atoms with Gasteiger partial charge in [-0.05, 0) is 18.6 Å². The zero-order valence-electron chi connectivity index (χ0n) is 7.37. The lowest BCUT2D eigenvalue weighted by Crippen LogP contribution is -2.29. The maximum atomic E-state index is 5.52. The van der Waals surface area contributed by atoms with E-state index in [1.807, 2.05) is 26.2 Å². The van der Waals surface area contributed by atoms with Gasteiger partial charge in [-0.1, -0.05) is 0 Å². The molecule has 0 radical (unpaired) electrons. The smallest absolute Gasteiger partial charge is 0.171 e. The molecular weight excluding hydrogens is 152 g/mol. The molecule has 1 aromatic heterocycles. The molecule has 0 spiro atoms. The summed E-state index contributed by atoms with van der Waals surface area (Å²) >= 11 is 0. The molecule has 0 saturated heterocycles. The molecule has 0 N–H and O–H groups in total. The number of rotatable bonds is 0. The molecule has 2 rings (SSSR count). The molecule has 0 unspecified atom stereocenters. The summed E-state index contributed by atoms with van der Waals surface area (Å²) < 4.78 is 5.52. The highest BCUT2D eigenvalue weighted by Crippen LogP contribution is 2.30. The van der Waals surface area contributed by atoms with Crippen LogP contribution in [0.15, 0.2) is 12.3 Å².